The van der Waals surface area contributed by atoms with Crippen LogP contribution in [0.1, 0.15) is 45.9 Å². The third-order valence-electron chi connectivity index (χ3n) is 6.66. The molecule has 1 unspecified atom stereocenters. The molecule has 2 aliphatic rings. The van der Waals surface area contributed by atoms with Crippen molar-refractivity contribution >= 4 is 28.5 Å². The molecule has 2 aromatic carbocycles. The van der Waals surface area contributed by atoms with Crippen molar-refractivity contribution in [2.75, 3.05) is 31.3 Å². The number of hydrogen-bond donors (Lipinski definition) is 0. The van der Waals surface area contributed by atoms with Crippen molar-refractivity contribution in [2.45, 2.75) is 46.6 Å². The van der Waals surface area contributed by atoms with E-state index in [4.69, 9.17) is 14.5 Å². The van der Waals surface area contributed by atoms with Gasteiger partial charge in [-0.05, 0) is 36.1 Å². The molecule has 3 heterocycles. The standard InChI is InChI=1S/C28H34N4O4/c1-18(2)13-30(14-19(3)4)27(34)16-32-23-8-6-5-7-22(23)29-28(32)20-11-26(33)31(15-20)21-9-10-24-25(12-21)36-17-35-24/h5-10,12,18-20H,11,13-17H2,1-4H3. The van der Waals surface area contributed by atoms with Crippen LogP contribution in [-0.2, 0) is 16.1 Å². The quantitative estimate of drug-likeness (QED) is 0.467. The topological polar surface area (TPSA) is 76.9 Å². The number of imidazole rings is 1. The van der Waals surface area contributed by atoms with Gasteiger partial charge in [0.05, 0.1) is 11.0 Å². The Morgan fingerprint density at radius 3 is 2.53 bits per heavy atom. The maximum absolute atomic E-state index is 13.5. The number of nitrogens with zero attached hydrogens (tertiary/aromatic N) is 4. The lowest BCUT2D eigenvalue weighted by Crippen LogP contribution is -2.39. The molecule has 2 amide bonds. The summed E-state index contributed by atoms with van der Waals surface area (Å²) in [6.45, 7) is 10.9. The molecule has 0 bridgehead atoms. The summed E-state index contributed by atoms with van der Waals surface area (Å²) in [5.41, 5.74) is 2.54. The van der Waals surface area contributed by atoms with Crippen LogP contribution in [0.15, 0.2) is 42.5 Å². The molecule has 190 valence electrons. The van der Waals surface area contributed by atoms with Crippen molar-refractivity contribution in [2.24, 2.45) is 11.8 Å². The number of benzene rings is 2. The van der Waals surface area contributed by atoms with E-state index < -0.39 is 0 Å². The zero-order chi connectivity index (χ0) is 25.4. The molecular formula is C28H34N4O4. The minimum atomic E-state index is -0.119. The third-order valence-corrected chi connectivity index (χ3v) is 6.66. The van der Waals surface area contributed by atoms with E-state index in [0.717, 1.165) is 35.6 Å². The summed E-state index contributed by atoms with van der Waals surface area (Å²) in [5.74, 6) is 2.89. The molecular weight excluding hydrogens is 456 g/mol. The Morgan fingerprint density at radius 1 is 1.06 bits per heavy atom. The number of fused-ring (bicyclic) bond motifs is 2. The highest BCUT2D eigenvalue weighted by atomic mass is 16.7. The predicted molar refractivity (Wildman–Crippen MR) is 138 cm³/mol. The summed E-state index contributed by atoms with van der Waals surface area (Å²) in [5, 5.41) is 0. The average molecular weight is 491 g/mol. The number of rotatable bonds is 8. The van der Waals surface area contributed by atoms with Gasteiger partial charge in [-0.2, -0.15) is 0 Å². The van der Waals surface area contributed by atoms with Crippen LogP contribution in [0.5, 0.6) is 11.5 Å². The first-order chi connectivity index (χ1) is 17.3. The Bertz CT molecular complexity index is 1270. The van der Waals surface area contributed by atoms with Crippen LogP contribution in [0.4, 0.5) is 5.69 Å². The average Bonchev–Trinajstić information content (AvgIpc) is 3.54. The molecule has 5 rings (SSSR count). The van der Waals surface area contributed by atoms with Crippen LogP contribution in [0, 0.1) is 11.8 Å². The van der Waals surface area contributed by atoms with E-state index in [0.29, 0.717) is 36.3 Å². The molecule has 1 saturated heterocycles. The summed E-state index contributed by atoms with van der Waals surface area (Å²) < 4.78 is 12.9. The summed E-state index contributed by atoms with van der Waals surface area (Å²) in [6.07, 6.45) is 0.341. The fourth-order valence-electron chi connectivity index (χ4n) is 5.15. The van der Waals surface area contributed by atoms with Gasteiger partial charge in [0.25, 0.3) is 0 Å². The van der Waals surface area contributed by atoms with Gasteiger partial charge in [-0.15, -0.1) is 0 Å². The zero-order valence-electron chi connectivity index (χ0n) is 21.4. The van der Waals surface area contributed by atoms with Gasteiger partial charge in [-0.3, -0.25) is 9.59 Å². The van der Waals surface area contributed by atoms with E-state index in [1.165, 1.54) is 0 Å². The van der Waals surface area contributed by atoms with Crippen LogP contribution in [0.2, 0.25) is 0 Å². The number of amides is 2. The van der Waals surface area contributed by atoms with Crippen LogP contribution in [-0.4, -0.2) is 52.7 Å². The molecule has 2 aliphatic heterocycles. The number of para-hydroxylation sites is 2. The van der Waals surface area contributed by atoms with Crippen molar-refractivity contribution in [3.8, 4) is 11.5 Å². The smallest absolute Gasteiger partial charge is 0.242 e. The molecule has 0 saturated carbocycles. The van der Waals surface area contributed by atoms with Crippen LogP contribution >= 0.6 is 0 Å². The van der Waals surface area contributed by atoms with E-state index in [-0.39, 0.29) is 31.1 Å². The first-order valence-electron chi connectivity index (χ1n) is 12.7. The minimum absolute atomic E-state index is 0.0324. The Hall–Kier alpha value is -3.55. The van der Waals surface area contributed by atoms with Crippen molar-refractivity contribution in [1.82, 2.24) is 14.5 Å². The van der Waals surface area contributed by atoms with Gasteiger partial charge in [0, 0.05) is 43.7 Å². The lowest BCUT2D eigenvalue weighted by molar-refractivity contribution is -0.132. The normalized spacial score (nSPS) is 17.1. The highest BCUT2D eigenvalue weighted by Crippen LogP contribution is 2.39. The summed E-state index contributed by atoms with van der Waals surface area (Å²) >= 11 is 0. The Kier molecular flexibility index (Phi) is 6.60. The number of anilines is 1. The molecule has 8 heteroatoms. The summed E-state index contributed by atoms with van der Waals surface area (Å²) in [4.78, 5) is 35.3. The first kappa shape index (κ1) is 24.2. The van der Waals surface area contributed by atoms with Crippen molar-refractivity contribution in [3.63, 3.8) is 0 Å². The lowest BCUT2D eigenvalue weighted by atomic mass is 10.1. The fourth-order valence-corrected chi connectivity index (χ4v) is 5.15. The van der Waals surface area contributed by atoms with Crippen molar-refractivity contribution in [3.05, 3.63) is 48.3 Å². The number of carbonyl (C=O) groups excluding carboxylic acids is 2. The highest BCUT2D eigenvalue weighted by Gasteiger charge is 2.36. The second-order valence-electron chi connectivity index (χ2n) is 10.6. The van der Waals surface area contributed by atoms with E-state index in [1.54, 1.807) is 4.90 Å². The molecule has 1 fully saturated rings. The molecule has 0 aliphatic carbocycles. The molecule has 36 heavy (non-hydrogen) atoms. The predicted octanol–water partition coefficient (Wildman–Crippen LogP) is 4.43. The third kappa shape index (κ3) is 4.76. The van der Waals surface area contributed by atoms with Gasteiger partial charge < -0.3 is 23.8 Å². The van der Waals surface area contributed by atoms with E-state index in [2.05, 4.69) is 27.7 Å². The number of ether oxygens (including phenoxy) is 2. The molecule has 0 N–H and O–H groups in total. The van der Waals surface area contributed by atoms with Gasteiger partial charge >= 0.3 is 0 Å². The number of carbonyl (C=O) groups is 2. The molecule has 8 nitrogen and oxygen atoms in total. The largest absolute Gasteiger partial charge is 0.454 e. The van der Waals surface area contributed by atoms with Gasteiger partial charge in [0.2, 0.25) is 18.6 Å². The van der Waals surface area contributed by atoms with E-state index in [9.17, 15) is 9.59 Å². The Morgan fingerprint density at radius 2 is 1.78 bits per heavy atom. The van der Waals surface area contributed by atoms with Crippen molar-refractivity contribution < 1.29 is 19.1 Å². The monoisotopic (exact) mass is 490 g/mol. The van der Waals surface area contributed by atoms with Crippen molar-refractivity contribution in [1.29, 1.82) is 0 Å². The van der Waals surface area contributed by atoms with E-state index in [1.807, 2.05) is 51.9 Å². The number of hydrogen-bond acceptors (Lipinski definition) is 5. The maximum atomic E-state index is 13.5. The fraction of sp³-hybridized carbons (Fsp3) is 0.464. The molecule has 3 aromatic rings. The Balaban J connectivity index is 1.44. The molecule has 0 spiro atoms. The maximum Gasteiger partial charge on any atom is 0.242 e. The van der Waals surface area contributed by atoms with Gasteiger partial charge in [-0.1, -0.05) is 39.8 Å². The molecule has 1 aromatic heterocycles. The Labute approximate surface area is 211 Å². The van der Waals surface area contributed by atoms with Gasteiger partial charge in [0.15, 0.2) is 11.5 Å². The number of aromatic nitrogens is 2. The van der Waals surface area contributed by atoms with Crippen LogP contribution in [0.3, 0.4) is 0 Å². The van der Waals surface area contributed by atoms with Gasteiger partial charge in [0.1, 0.15) is 12.4 Å². The molecule has 0 radical (unpaired) electrons. The van der Waals surface area contributed by atoms with E-state index >= 15 is 0 Å². The SMILES string of the molecule is CC(C)CN(CC(C)C)C(=O)Cn1c(C2CC(=O)N(c3ccc4c(c3)OCO4)C2)nc2ccccc21. The lowest BCUT2D eigenvalue weighted by Gasteiger charge is -2.27. The van der Waals surface area contributed by atoms with Crippen LogP contribution < -0.4 is 14.4 Å². The minimum Gasteiger partial charge on any atom is -0.454 e. The molecule has 1 atom stereocenters. The second kappa shape index (κ2) is 9.84. The summed E-state index contributed by atoms with van der Waals surface area (Å²) in [6, 6.07) is 13.5. The van der Waals surface area contributed by atoms with Gasteiger partial charge in [-0.25, -0.2) is 4.98 Å². The van der Waals surface area contributed by atoms with Crippen LogP contribution in [0.25, 0.3) is 11.0 Å². The highest BCUT2D eigenvalue weighted by molar-refractivity contribution is 5.97. The summed E-state index contributed by atoms with van der Waals surface area (Å²) in [7, 11) is 0. The first-order valence-corrected chi connectivity index (χ1v) is 12.7. The zero-order valence-corrected chi connectivity index (χ0v) is 21.4. The second-order valence-corrected chi connectivity index (χ2v) is 10.6.